The van der Waals surface area contributed by atoms with Gasteiger partial charge in [-0.2, -0.15) is 5.10 Å². The van der Waals surface area contributed by atoms with Gasteiger partial charge in [-0.25, -0.2) is 10.2 Å². The minimum atomic E-state index is -0.445. The van der Waals surface area contributed by atoms with Crippen LogP contribution in [0.2, 0.25) is 0 Å². The molecule has 0 saturated heterocycles. The second-order valence-corrected chi connectivity index (χ2v) is 7.74. The molecule has 3 aromatic rings. The first kappa shape index (κ1) is 20.8. The molecule has 29 heavy (non-hydrogen) atoms. The molecular weight excluding hydrogens is 456 g/mol. The molecule has 0 spiro atoms. The number of thiophene rings is 1. The summed E-state index contributed by atoms with van der Waals surface area (Å²) in [6, 6.07) is 16.0. The fraction of sp³-hybridized carbons (Fsp3) is 0.0952. The molecule has 0 aliphatic carbocycles. The van der Waals surface area contributed by atoms with Gasteiger partial charge in [0.2, 0.25) is 5.91 Å². The number of ether oxygens (including phenoxy) is 2. The van der Waals surface area contributed by atoms with Crippen LogP contribution in [0.5, 0.6) is 11.5 Å². The van der Waals surface area contributed by atoms with E-state index in [2.05, 4.69) is 26.5 Å². The predicted molar refractivity (Wildman–Crippen MR) is 116 cm³/mol. The fourth-order valence-electron chi connectivity index (χ4n) is 2.40. The summed E-state index contributed by atoms with van der Waals surface area (Å²) in [4.78, 5) is 24.6. The summed E-state index contributed by atoms with van der Waals surface area (Å²) in [6.45, 7) is 0. The monoisotopic (exact) mass is 472 g/mol. The normalized spacial score (nSPS) is 10.7. The van der Waals surface area contributed by atoms with Crippen molar-refractivity contribution in [2.45, 2.75) is 6.42 Å². The van der Waals surface area contributed by atoms with Gasteiger partial charge in [0.1, 0.15) is 4.88 Å². The maximum absolute atomic E-state index is 12.1. The van der Waals surface area contributed by atoms with Crippen LogP contribution in [0.15, 0.2) is 69.6 Å². The molecule has 0 saturated carbocycles. The van der Waals surface area contributed by atoms with Crippen LogP contribution in [0.3, 0.4) is 0 Å². The number of amides is 1. The number of hydrogen-bond acceptors (Lipinski definition) is 6. The van der Waals surface area contributed by atoms with E-state index in [1.165, 1.54) is 24.7 Å². The summed E-state index contributed by atoms with van der Waals surface area (Å²) < 4.78 is 11.6. The largest absolute Gasteiger partial charge is 0.493 e. The molecule has 0 radical (unpaired) electrons. The summed E-state index contributed by atoms with van der Waals surface area (Å²) in [5, 5.41) is 5.77. The smallest absolute Gasteiger partial charge is 0.353 e. The molecule has 1 aromatic heterocycles. The topological polar surface area (TPSA) is 77.0 Å². The minimum absolute atomic E-state index is 0.225. The summed E-state index contributed by atoms with van der Waals surface area (Å²) in [6.07, 6.45) is 1.72. The summed E-state index contributed by atoms with van der Waals surface area (Å²) in [5.74, 6) is 0.0272. The van der Waals surface area contributed by atoms with E-state index in [-0.39, 0.29) is 12.3 Å². The van der Waals surface area contributed by atoms with E-state index < -0.39 is 5.97 Å². The lowest BCUT2D eigenvalue weighted by molar-refractivity contribution is -0.120. The second-order valence-electron chi connectivity index (χ2n) is 5.87. The van der Waals surface area contributed by atoms with Crippen molar-refractivity contribution >= 4 is 45.4 Å². The van der Waals surface area contributed by atoms with E-state index in [4.69, 9.17) is 9.47 Å². The van der Waals surface area contributed by atoms with Crippen LogP contribution in [0.1, 0.15) is 20.8 Å². The Kier molecular flexibility index (Phi) is 7.15. The molecule has 1 heterocycles. The van der Waals surface area contributed by atoms with Crippen LogP contribution >= 0.6 is 27.3 Å². The van der Waals surface area contributed by atoms with Crippen molar-refractivity contribution < 1.29 is 19.1 Å². The lowest BCUT2D eigenvalue weighted by atomic mass is 10.1. The van der Waals surface area contributed by atoms with Crippen LogP contribution in [0, 0.1) is 0 Å². The number of rotatable bonds is 7. The third-order valence-corrected chi connectivity index (χ3v) is 5.17. The minimum Gasteiger partial charge on any atom is -0.493 e. The Morgan fingerprint density at radius 2 is 1.93 bits per heavy atom. The lowest BCUT2D eigenvalue weighted by Crippen LogP contribution is -2.19. The van der Waals surface area contributed by atoms with Gasteiger partial charge in [-0.1, -0.05) is 34.1 Å². The molecule has 0 bridgehead atoms. The Morgan fingerprint density at radius 3 is 2.62 bits per heavy atom. The molecule has 1 N–H and O–H groups in total. The van der Waals surface area contributed by atoms with Gasteiger partial charge in [-0.3, -0.25) is 4.79 Å². The quantitative estimate of drug-likeness (QED) is 0.238. The summed E-state index contributed by atoms with van der Waals surface area (Å²) >= 11 is 4.66. The molecule has 2 aromatic carbocycles. The van der Waals surface area contributed by atoms with Crippen LogP contribution in [-0.2, 0) is 11.2 Å². The average Bonchev–Trinajstić information content (AvgIpc) is 3.26. The van der Waals surface area contributed by atoms with E-state index in [0.29, 0.717) is 21.9 Å². The first-order valence-electron chi connectivity index (χ1n) is 8.55. The molecule has 0 atom stereocenters. The predicted octanol–water partition coefficient (Wildman–Crippen LogP) is 4.43. The molecule has 6 nitrogen and oxygen atoms in total. The number of hydrazone groups is 1. The highest BCUT2D eigenvalue weighted by Crippen LogP contribution is 2.28. The molecule has 0 aliphatic heterocycles. The van der Waals surface area contributed by atoms with Gasteiger partial charge in [0.15, 0.2) is 11.5 Å². The number of hydrogen-bond donors (Lipinski definition) is 1. The number of nitrogens with zero attached hydrogens (tertiary/aromatic N) is 1. The molecular formula is C21H17BrN2O4S. The summed E-state index contributed by atoms with van der Waals surface area (Å²) in [5.41, 5.74) is 4.06. The maximum Gasteiger partial charge on any atom is 0.353 e. The zero-order valence-electron chi connectivity index (χ0n) is 15.4. The molecule has 8 heteroatoms. The first-order valence-corrected chi connectivity index (χ1v) is 10.2. The van der Waals surface area contributed by atoms with Crippen molar-refractivity contribution in [3.8, 4) is 11.5 Å². The number of carbonyl (C=O) groups excluding carboxylic acids is 2. The van der Waals surface area contributed by atoms with Crippen molar-refractivity contribution in [1.82, 2.24) is 5.43 Å². The van der Waals surface area contributed by atoms with Crippen molar-refractivity contribution in [3.05, 3.63) is 80.5 Å². The standard InChI is InChI=1S/C21H17BrN2O4S/c1-27-18-11-15(6-9-17(18)28-21(26)19-3-2-10-29-19)13-23-24-20(25)12-14-4-7-16(22)8-5-14/h2-11,13H,12H2,1H3,(H,24,25). The Bertz CT molecular complexity index is 1020. The molecule has 3 rings (SSSR count). The molecule has 148 valence electrons. The second kappa shape index (κ2) is 9.99. The SMILES string of the molecule is COc1cc(C=NNC(=O)Cc2ccc(Br)cc2)ccc1OC(=O)c1cccs1. The van der Waals surface area contributed by atoms with Gasteiger partial charge in [-0.05, 0) is 52.9 Å². The number of nitrogens with one attached hydrogen (secondary N) is 1. The molecule has 0 fully saturated rings. The van der Waals surface area contributed by atoms with Crippen LogP contribution < -0.4 is 14.9 Å². The van der Waals surface area contributed by atoms with Crippen LogP contribution in [0.4, 0.5) is 0 Å². The number of carbonyl (C=O) groups is 2. The average molecular weight is 473 g/mol. The number of methoxy groups -OCH3 is 1. The van der Waals surface area contributed by atoms with Crippen molar-refractivity contribution in [2.75, 3.05) is 7.11 Å². The Hall–Kier alpha value is -2.97. The Morgan fingerprint density at radius 1 is 1.14 bits per heavy atom. The highest BCUT2D eigenvalue weighted by molar-refractivity contribution is 9.10. The highest BCUT2D eigenvalue weighted by Gasteiger charge is 2.13. The number of benzene rings is 2. The highest BCUT2D eigenvalue weighted by atomic mass is 79.9. The van der Waals surface area contributed by atoms with Gasteiger partial charge in [0.05, 0.1) is 19.7 Å². The van der Waals surface area contributed by atoms with E-state index in [1.807, 2.05) is 24.3 Å². The van der Waals surface area contributed by atoms with E-state index >= 15 is 0 Å². The van der Waals surface area contributed by atoms with Gasteiger partial charge >= 0.3 is 5.97 Å². The molecule has 0 unspecified atom stereocenters. The Labute approximate surface area is 180 Å². The van der Waals surface area contributed by atoms with Gasteiger partial charge < -0.3 is 9.47 Å². The van der Waals surface area contributed by atoms with Crippen molar-refractivity contribution in [3.63, 3.8) is 0 Å². The first-order chi connectivity index (χ1) is 14.0. The summed E-state index contributed by atoms with van der Waals surface area (Å²) in [7, 11) is 1.48. The lowest BCUT2D eigenvalue weighted by Gasteiger charge is -2.09. The van der Waals surface area contributed by atoms with Crippen molar-refractivity contribution in [1.29, 1.82) is 0 Å². The van der Waals surface area contributed by atoms with E-state index in [1.54, 1.807) is 35.7 Å². The van der Waals surface area contributed by atoms with Gasteiger partial charge in [-0.15, -0.1) is 11.3 Å². The molecule has 1 amide bonds. The molecule has 0 aliphatic rings. The van der Waals surface area contributed by atoms with Gasteiger partial charge in [0, 0.05) is 4.47 Å². The zero-order valence-corrected chi connectivity index (χ0v) is 17.8. The van der Waals surface area contributed by atoms with Crippen LogP contribution in [0.25, 0.3) is 0 Å². The van der Waals surface area contributed by atoms with Gasteiger partial charge in [0.25, 0.3) is 0 Å². The van der Waals surface area contributed by atoms with E-state index in [0.717, 1.165) is 10.0 Å². The van der Waals surface area contributed by atoms with Crippen molar-refractivity contribution in [2.24, 2.45) is 5.10 Å². The third kappa shape index (κ3) is 6.00. The van der Waals surface area contributed by atoms with E-state index in [9.17, 15) is 9.59 Å². The third-order valence-electron chi connectivity index (χ3n) is 3.79. The fourth-order valence-corrected chi connectivity index (χ4v) is 3.26. The maximum atomic E-state index is 12.1. The number of halogens is 1. The zero-order chi connectivity index (χ0) is 20.6. The number of esters is 1. The van der Waals surface area contributed by atoms with Crippen LogP contribution in [-0.4, -0.2) is 25.2 Å². The Balaban J connectivity index is 1.59.